The van der Waals surface area contributed by atoms with Crippen LogP contribution in [0.1, 0.15) is 27.2 Å². The standard InChI is InChI=1S/C21H24ClNO4/c1-4-21(2,3)23-19(24)13-27-20(25)14-26-18-11-10-16(12-17(18)22)15-8-6-5-7-9-15/h5-12H,4,13-14H2,1-3H3,(H,23,24). The van der Waals surface area contributed by atoms with Gasteiger partial charge >= 0.3 is 5.97 Å². The smallest absolute Gasteiger partial charge is 0.344 e. The Balaban J connectivity index is 1.84. The first-order chi connectivity index (χ1) is 12.8. The van der Waals surface area contributed by atoms with Gasteiger partial charge in [-0.3, -0.25) is 4.79 Å². The molecule has 2 aromatic rings. The summed E-state index contributed by atoms with van der Waals surface area (Å²) in [7, 11) is 0. The number of rotatable bonds is 8. The molecule has 0 aliphatic rings. The van der Waals surface area contributed by atoms with Crippen LogP contribution in [0.15, 0.2) is 48.5 Å². The van der Waals surface area contributed by atoms with E-state index in [9.17, 15) is 9.59 Å². The minimum Gasteiger partial charge on any atom is -0.480 e. The summed E-state index contributed by atoms with van der Waals surface area (Å²) >= 11 is 6.24. The molecule has 0 unspecified atom stereocenters. The number of amides is 1. The van der Waals surface area contributed by atoms with Crippen molar-refractivity contribution in [2.75, 3.05) is 13.2 Å². The molecule has 6 heteroatoms. The molecule has 0 radical (unpaired) electrons. The number of nitrogens with one attached hydrogen (secondary N) is 1. The highest BCUT2D eigenvalue weighted by molar-refractivity contribution is 6.32. The Kier molecular flexibility index (Phi) is 7.25. The fourth-order valence-corrected chi connectivity index (χ4v) is 2.49. The van der Waals surface area contributed by atoms with Crippen molar-refractivity contribution in [2.45, 2.75) is 32.7 Å². The average molecular weight is 390 g/mol. The monoisotopic (exact) mass is 389 g/mol. The highest BCUT2D eigenvalue weighted by Gasteiger charge is 2.18. The zero-order valence-corrected chi connectivity index (χ0v) is 16.5. The molecule has 27 heavy (non-hydrogen) atoms. The first-order valence-electron chi connectivity index (χ1n) is 8.75. The second-order valence-electron chi connectivity index (χ2n) is 6.75. The van der Waals surface area contributed by atoms with Crippen LogP contribution < -0.4 is 10.1 Å². The van der Waals surface area contributed by atoms with Gasteiger partial charge in [-0.2, -0.15) is 0 Å². The topological polar surface area (TPSA) is 64.6 Å². The molecule has 0 atom stereocenters. The number of hydrogen-bond acceptors (Lipinski definition) is 4. The lowest BCUT2D eigenvalue weighted by Crippen LogP contribution is -2.44. The maximum absolute atomic E-state index is 11.8. The number of benzene rings is 2. The van der Waals surface area contributed by atoms with Crippen molar-refractivity contribution in [1.82, 2.24) is 5.32 Å². The van der Waals surface area contributed by atoms with Crippen LogP contribution in [0.25, 0.3) is 11.1 Å². The summed E-state index contributed by atoms with van der Waals surface area (Å²) in [5.41, 5.74) is 1.64. The van der Waals surface area contributed by atoms with Crippen LogP contribution in [0.2, 0.25) is 5.02 Å². The summed E-state index contributed by atoms with van der Waals surface area (Å²) in [4.78, 5) is 23.6. The van der Waals surface area contributed by atoms with E-state index in [1.807, 2.05) is 57.2 Å². The third-order valence-corrected chi connectivity index (χ3v) is 4.41. The van der Waals surface area contributed by atoms with E-state index < -0.39 is 5.97 Å². The van der Waals surface area contributed by atoms with Crippen molar-refractivity contribution in [2.24, 2.45) is 0 Å². The number of carbonyl (C=O) groups is 2. The normalized spacial score (nSPS) is 11.0. The lowest BCUT2D eigenvalue weighted by Gasteiger charge is -2.24. The number of ether oxygens (including phenoxy) is 2. The summed E-state index contributed by atoms with van der Waals surface area (Å²) in [5.74, 6) is -0.604. The molecule has 0 fully saturated rings. The molecule has 0 saturated carbocycles. The molecule has 1 amide bonds. The highest BCUT2D eigenvalue weighted by Crippen LogP contribution is 2.30. The molecule has 0 aromatic heterocycles. The zero-order valence-electron chi connectivity index (χ0n) is 15.8. The van der Waals surface area contributed by atoms with Gasteiger partial charge in [0.1, 0.15) is 5.75 Å². The van der Waals surface area contributed by atoms with E-state index in [1.54, 1.807) is 12.1 Å². The van der Waals surface area contributed by atoms with E-state index in [4.69, 9.17) is 21.1 Å². The predicted molar refractivity (Wildman–Crippen MR) is 106 cm³/mol. The lowest BCUT2D eigenvalue weighted by molar-refractivity contribution is -0.150. The van der Waals surface area contributed by atoms with Gasteiger partial charge < -0.3 is 14.8 Å². The largest absolute Gasteiger partial charge is 0.480 e. The van der Waals surface area contributed by atoms with E-state index in [1.165, 1.54) is 0 Å². The molecule has 5 nitrogen and oxygen atoms in total. The van der Waals surface area contributed by atoms with Gasteiger partial charge in [0.25, 0.3) is 5.91 Å². The fraction of sp³-hybridized carbons (Fsp3) is 0.333. The van der Waals surface area contributed by atoms with Crippen LogP contribution in [0.3, 0.4) is 0 Å². The van der Waals surface area contributed by atoms with Gasteiger partial charge in [-0.05, 0) is 43.5 Å². The van der Waals surface area contributed by atoms with Crippen LogP contribution in [0, 0.1) is 0 Å². The van der Waals surface area contributed by atoms with E-state index in [0.717, 1.165) is 17.5 Å². The first-order valence-corrected chi connectivity index (χ1v) is 9.13. The molecule has 144 valence electrons. The Bertz CT molecular complexity index is 790. The maximum Gasteiger partial charge on any atom is 0.344 e. The molecule has 0 heterocycles. The Hall–Kier alpha value is -2.53. The minimum absolute atomic E-state index is 0.325. The van der Waals surface area contributed by atoms with Gasteiger partial charge in [0.15, 0.2) is 13.2 Å². The number of esters is 1. The third-order valence-electron chi connectivity index (χ3n) is 4.11. The van der Waals surface area contributed by atoms with Crippen molar-refractivity contribution in [3.8, 4) is 16.9 Å². The first kappa shape index (κ1) is 20.8. The van der Waals surface area contributed by atoms with E-state index in [-0.39, 0.29) is 24.7 Å². The van der Waals surface area contributed by atoms with Crippen molar-refractivity contribution >= 4 is 23.5 Å². The van der Waals surface area contributed by atoms with E-state index >= 15 is 0 Å². The fourth-order valence-electron chi connectivity index (χ4n) is 2.25. The number of carbonyl (C=O) groups excluding carboxylic acids is 2. The quantitative estimate of drug-likeness (QED) is 0.686. The molecule has 2 aromatic carbocycles. The number of hydrogen-bond donors (Lipinski definition) is 1. The van der Waals surface area contributed by atoms with Crippen LogP contribution >= 0.6 is 11.6 Å². The van der Waals surface area contributed by atoms with Crippen molar-refractivity contribution < 1.29 is 19.1 Å². The zero-order chi connectivity index (χ0) is 19.9. The molecule has 0 aliphatic heterocycles. The molecule has 1 N–H and O–H groups in total. The summed E-state index contributed by atoms with van der Waals surface area (Å²) in [6.07, 6.45) is 0.771. The van der Waals surface area contributed by atoms with Gasteiger partial charge in [0.05, 0.1) is 5.02 Å². The summed E-state index contributed by atoms with van der Waals surface area (Å²) < 4.78 is 10.3. The second kappa shape index (κ2) is 9.42. The Labute approximate surface area is 164 Å². The maximum atomic E-state index is 11.8. The highest BCUT2D eigenvalue weighted by atomic mass is 35.5. The van der Waals surface area contributed by atoms with Gasteiger partial charge in [-0.15, -0.1) is 0 Å². The Morgan fingerprint density at radius 3 is 2.37 bits per heavy atom. The molecular weight excluding hydrogens is 366 g/mol. The number of halogens is 1. The predicted octanol–water partition coefficient (Wildman–Crippen LogP) is 4.23. The average Bonchev–Trinajstić information content (AvgIpc) is 2.65. The molecule has 0 saturated heterocycles. The van der Waals surface area contributed by atoms with Crippen LogP contribution in [-0.2, 0) is 14.3 Å². The molecule has 2 rings (SSSR count). The van der Waals surface area contributed by atoms with Gasteiger partial charge in [-0.1, -0.05) is 54.9 Å². The lowest BCUT2D eigenvalue weighted by atomic mass is 10.0. The molecular formula is C21H24ClNO4. The van der Waals surface area contributed by atoms with E-state index in [0.29, 0.717) is 10.8 Å². The summed E-state index contributed by atoms with van der Waals surface area (Å²) in [5, 5.41) is 3.18. The van der Waals surface area contributed by atoms with E-state index in [2.05, 4.69) is 5.32 Å². The molecule has 0 bridgehead atoms. The van der Waals surface area contributed by atoms with Crippen molar-refractivity contribution in [3.05, 3.63) is 53.6 Å². The summed E-state index contributed by atoms with van der Waals surface area (Å²) in [6.45, 7) is 5.10. The third kappa shape index (κ3) is 6.61. The SMILES string of the molecule is CCC(C)(C)NC(=O)COC(=O)COc1ccc(-c2ccccc2)cc1Cl. The Morgan fingerprint density at radius 1 is 1.04 bits per heavy atom. The summed E-state index contributed by atoms with van der Waals surface area (Å²) in [6, 6.07) is 15.1. The molecule has 0 spiro atoms. The van der Waals surface area contributed by atoms with Gasteiger partial charge in [0.2, 0.25) is 0 Å². The molecule has 0 aliphatic carbocycles. The van der Waals surface area contributed by atoms with Gasteiger partial charge in [0, 0.05) is 5.54 Å². The van der Waals surface area contributed by atoms with Crippen LogP contribution in [0.4, 0.5) is 0 Å². The van der Waals surface area contributed by atoms with Crippen LogP contribution in [-0.4, -0.2) is 30.6 Å². The Morgan fingerprint density at radius 2 is 1.74 bits per heavy atom. The van der Waals surface area contributed by atoms with Crippen molar-refractivity contribution in [1.29, 1.82) is 0 Å². The second-order valence-corrected chi connectivity index (χ2v) is 7.15. The van der Waals surface area contributed by atoms with Gasteiger partial charge in [-0.25, -0.2) is 4.79 Å². The van der Waals surface area contributed by atoms with Crippen LogP contribution in [0.5, 0.6) is 5.75 Å². The minimum atomic E-state index is -0.636. The van der Waals surface area contributed by atoms with Crippen molar-refractivity contribution in [3.63, 3.8) is 0 Å².